The molecule has 1 saturated heterocycles. The van der Waals surface area contributed by atoms with Gasteiger partial charge in [0.1, 0.15) is 0 Å². The number of nitrogens with one attached hydrogen (secondary N) is 1. The van der Waals surface area contributed by atoms with Crippen LogP contribution in [0.5, 0.6) is 0 Å². The number of primary amides is 1. The first-order chi connectivity index (χ1) is 8.56. The monoisotopic (exact) mass is 267 g/mol. The van der Waals surface area contributed by atoms with Gasteiger partial charge in [0.05, 0.1) is 0 Å². The summed E-state index contributed by atoms with van der Waals surface area (Å²) in [6.45, 7) is 2.62. The first kappa shape index (κ1) is 12.9. The Morgan fingerprint density at radius 3 is 2.83 bits per heavy atom. The number of likely N-dealkylation sites (tertiary alicyclic amines) is 1. The van der Waals surface area contributed by atoms with Crippen LogP contribution in [-0.2, 0) is 4.79 Å². The third-order valence-electron chi connectivity index (χ3n) is 3.12. The van der Waals surface area contributed by atoms with E-state index in [9.17, 15) is 9.59 Å². The molecule has 0 aliphatic carbocycles. The van der Waals surface area contributed by atoms with E-state index in [1.807, 2.05) is 11.4 Å². The number of carbonyl (C=O) groups excluding carboxylic acids is 2. The molecule has 0 spiro atoms. The number of piperidine rings is 1. The minimum Gasteiger partial charge on any atom is -0.352 e. The number of hydrogen-bond donors (Lipinski definition) is 2. The highest BCUT2D eigenvalue weighted by Gasteiger charge is 2.30. The number of amides is 3. The molecule has 0 saturated carbocycles. The molecule has 98 valence electrons. The summed E-state index contributed by atoms with van der Waals surface area (Å²) in [7, 11) is 0. The maximum Gasteiger partial charge on any atom is 0.314 e. The minimum atomic E-state index is -0.424. The number of urea groups is 1. The molecule has 3 N–H and O–H groups in total. The maximum absolute atomic E-state index is 11.3. The van der Waals surface area contributed by atoms with Gasteiger partial charge in [-0.05, 0) is 17.9 Å². The second kappa shape index (κ2) is 5.39. The van der Waals surface area contributed by atoms with Crippen molar-refractivity contribution in [2.75, 3.05) is 13.1 Å². The quantitative estimate of drug-likeness (QED) is 0.842. The smallest absolute Gasteiger partial charge is 0.314 e. The topological polar surface area (TPSA) is 75.4 Å². The predicted molar refractivity (Wildman–Crippen MR) is 70.4 cm³/mol. The Kier molecular flexibility index (Phi) is 3.86. The number of thiophene rings is 1. The highest BCUT2D eigenvalue weighted by Crippen LogP contribution is 2.30. The van der Waals surface area contributed by atoms with Gasteiger partial charge in [-0.3, -0.25) is 4.79 Å². The number of rotatable bonds is 2. The van der Waals surface area contributed by atoms with Crippen LogP contribution in [0, 0.1) is 0 Å². The van der Waals surface area contributed by atoms with Gasteiger partial charge in [0.15, 0.2) is 0 Å². The Hall–Kier alpha value is -1.56. The lowest BCUT2D eigenvalue weighted by Gasteiger charge is -2.36. The van der Waals surface area contributed by atoms with Gasteiger partial charge in [-0.2, -0.15) is 0 Å². The summed E-state index contributed by atoms with van der Waals surface area (Å²) < 4.78 is 0. The summed E-state index contributed by atoms with van der Waals surface area (Å²) >= 11 is 1.67. The van der Waals surface area contributed by atoms with Crippen LogP contribution in [0.3, 0.4) is 0 Å². The van der Waals surface area contributed by atoms with E-state index in [-0.39, 0.29) is 17.9 Å². The third-order valence-corrected chi connectivity index (χ3v) is 4.15. The molecule has 6 heteroatoms. The van der Waals surface area contributed by atoms with Gasteiger partial charge in [0, 0.05) is 36.9 Å². The van der Waals surface area contributed by atoms with Crippen molar-refractivity contribution >= 4 is 23.3 Å². The SMILES string of the molecule is CC(=O)NC1CC(c2cccs2)CN(C(N)=O)C1. The Balaban J connectivity index is 2.11. The Morgan fingerprint density at radius 2 is 2.28 bits per heavy atom. The summed E-state index contributed by atoms with van der Waals surface area (Å²) in [5.41, 5.74) is 5.35. The zero-order valence-corrected chi connectivity index (χ0v) is 11.1. The average molecular weight is 267 g/mol. The fourth-order valence-corrected chi connectivity index (χ4v) is 3.24. The molecule has 1 aromatic heterocycles. The second-order valence-corrected chi connectivity index (χ2v) is 5.57. The molecule has 2 unspecified atom stereocenters. The maximum atomic E-state index is 11.3. The Labute approximate surface area is 110 Å². The van der Waals surface area contributed by atoms with Gasteiger partial charge in [-0.25, -0.2) is 4.79 Å². The van der Waals surface area contributed by atoms with Crippen LogP contribution < -0.4 is 11.1 Å². The number of nitrogens with two attached hydrogens (primary N) is 1. The van der Waals surface area contributed by atoms with Crippen LogP contribution in [-0.4, -0.2) is 36.0 Å². The van der Waals surface area contributed by atoms with Gasteiger partial charge in [-0.1, -0.05) is 6.07 Å². The third kappa shape index (κ3) is 3.01. The molecular formula is C12H17N3O2S. The van der Waals surface area contributed by atoms with E-state index in [4.69, 9.17) is 5.73 Å². The van der Waals surface area contributed by atoms with Crippen molar-refractivity contribution in [1.29, 1.82) is 0 Å². The molecule has 2 atom stereocenters. The van der Waals surface area contributed by atoms with Crippen molar-refractivity contribution in [1.82, 2.24) is 10.2 Å². The van der Waals surface area contributed by atoms with Crippen LogP contribution in [0.2, 0.25) is 0 Å². The molecule has 0 aromatic carbocycles. The van der Waals surface area contributed by atoms with Gasteiger partial charge >= 0.3 is 6.03 Å². The normalized spacial score (nSPS) is 23.7. The summed E-state index contributed by atoms with van der Waals surface area (Å²) in [6, 6.07) is 3.61. The van der Waals surface area contributed by atoms with Gasteiger partial charge in [0.2, 0.25) is 5.91 Å². The van der Waals surface area contributed by atoms with Gasteiger partial charge < -0.3 is 16.0 Å². The molecule has 1 fully saturated rings. The van der Waals surface area contributed by atoms with E-state index in [2.05, 4.69) is 11.4 Å². The predicted octanol–water partition coefficient (Wildman–Crippen LogP) is 1.12. The standard InChI is InChI=1S/C12H17N3O2S/c1-8(16)14-10-5-9(11-3-2-4-18-11)6-15(7-10)12(13)17/h2-4,9-10H,5-7H2,1H3,(H2,13,17)(H,14,16). The highest BCUT2D eigenvalue weighted by molar-refractivity contribution is 7.10. The van der Waals surface area contributed by atoms with E-state index in [0.29, 0.717) is 13.1 Å². The van der Waals surface area contributed by atoms with Crippen molar-refractivity contribution in [3.8, 4) is 0 Å². The lowest BCUT2D eigenvalue weighted by molar-refractivity contribution is -0.120. The van der Waals surface area contributed by atoms with E-state index >= 15 is 0 Å². The summed E-state index contributed by atoms with van der Waals surface area (Å²) in [4.78, 5) is 25.3. The van der Waals surface area contributed by atoms with Crippen molar-refractivity contribution in [3.63, 3.8) is 0 Å². The first-order valence-electron chi connectivity index (χ1n) is 5.91. The molecule has 2 rings (SSSR count). The van der Waals surface area contributed by atoms with Crippen molar-refractivity contribution in [2.24, 2.45) is 5.73 Å². The van der Waals surface area contributed by atoms with E-state index in [1.165, 1.54) is 11.8 Å². The van der Waals surface area contributed by atoms with Crippen LogP contribution in [0.4, 0.5) is 4.79 Å². The summed E-state index contributed by atoms with van der Waals surface area (Å²) in [5.74, 6) is 0.180. The molecule has 0 bridgehead atoms. The van der Waals surface area contributed by atoms with Crippen molar-refractivity contribution < 1.29 is 9.59 Å². The lowest BCUT2D eigenvalue weighted by Crippen LogP contribution is -2.52. The zero-order valence-electron chi connectivity index (χ0n) is 10.3. The molecule has 5 nitrogen and oxygen atoms in total. The molecule has 3 amide bonds. The Bertz CT molecular complexity index is 433. The summed E-state index contributed by atoms with van der Waals surface area (Å²) in [6.07, 6.45) is 0.851. The largest absolute Gasteiger partial charge is 0.352 e. The lowest BCUT2D eigenvalue weighted by atomic mass is 9.93. The molecule has 2 heterocycles. The fourth-order valence-electron chi connectivity index (χ4n) is 2.40. The van der Waals surface area contributed by atoms with Crippen LogP contribution in [0.15, 0.2) is 17.5 Å². The number of hydrogen-bond acceptors (Lipinski definition) is 3. The minimum absolute atomic E-state index is 0.0177. The molecular weight excluding hydrogens is 250 g/mol. The molecule has 0 radical (unpaired) electrons. The van der Waals surface area contributed by atoms with Crippen LogP contribution >= 0.6 is 11.3 Å². The molecule has 1 aromatic rings. The number of nitrogens with zero attached hydrogens (tertiary/aromatic N) is 1. The van der Waals surface area contributed by atoms with Crippen LogP contribution in [0.1, 0.15) is 24.1 Å². The second-order valence-electron chi connectivity index (χ2n) is 4.59. The average Bonchev–Trinajstić information content (AvgIpc) is 2.80. The van der Waals surface area contributed by atoms with Gasteiger partial charge in [-0.15, -0.1) is 11.3 Å². The van der Waals surface area contributed by atoms with Crippen molar-refractivity contribution in [2.45, 2.75) is 25.3 Å². The summed E-state index contributed by atoms with van der Waals surface area (Å²) in [5, 5.41) is 4.89. The van der Waals surface area contributed by atoms with E-state index in [0.717, 1.165) is 6.42 Å². The molecule has 1 aliphatic rings. The van der Waals surface area contributed by atoms with E-state index in [1.54, 1.807) is 16.2 Å². The highest BCUT2D eigenvalue weighted by atomic mass is 32.1. The zero-order chi connectivity index (χ0) is 13.1. The van der Waals surface area contributed by atoms with Crippen LogP contribution in [0.25, 0.3) is 0 Å². The van der Waals surface area contributed by atoms with Gasteiger partial charge in [0.25, 0.3) is 0 Å². The number of carbonyl (C=O) groups is 2. The molecule has 1 aliphatic heterocycles. The fraction of sp³-hybridized carbons (Fsp3) is 0.500. The van der Waals surface area contributed by atoms with Crippen molar-refractivity contribution in [3.05, 3.63) is 22.4 Å². The van der Waals surface area contributed by atoms with E-state index < -0.39 is 6.03 Å². The first-order valence-corrected chi connectivity index (χ1v) is 6.79. The molecule has 18 heavy (non-hydrogen) atoms. The Morgan fingerprint density at radius 1 is 1.50 bits per heavy atom.